The van der Waals surface area contributed by atoms with Gasteiger partial charge in [0.05, 0.1) is 17.2 Å². The lowest BCUT2D eigenvalue weighted by molar-refractivity contribution is 0.244. The largest absolute Gasteiger partial charge is 0.489 e. The molecule has 22 heavy (non-hydrogen) atoms. The highest BCUT2D eigenvalue weighted by Crippen LogP contribution is 2.33. The van der Waals surface area contributed by atoms with Crippen LogP contribution in [0.3, 0.4) is 0 Å². The molecule has 3 aromatic rings. The molecular weight excluding hydrogens is 294 g/mol. The fraction of sp³-hybridized carbons (Fsp3) is 0.294. The standard InChI is InChI=1S/C17H19N3OS/c1-4-12-9-13-16(18-10-19-17(13)22-12)20-14-7-5-6-8-15(14)21-11(2)3/h5-11H,4H2,1-3H3,(H,18,19,20). The van der Waals surface area contributed by atoms with Gasteiger partial charge in [0.2, 0.25) is 0 Å². The lowest BCUT2D eigenvalue weighted by Crippen LogP contribution is -2.07. The smallest absolute Gasteiger partial charge is 0.143 e. The maximum Gasteiger partial charge on any atom is 0.143 e. The highest BCUT2D eigenvalue weighted by molar-refractivity contribution is 7.18. The summed E-state index contributed by atoms with van der Waals surface area (Å²) in [5.74, 6) is 1.65. The molecule has 0 saturated carbocycles. The molecular formula is C17H19N3OS. The van der Waals surface area contributed by atoms with Crippen LogP contribution < -0.4 is 10.1 Å². The number of aryl methyl sites for hydroxylation is 1. The van der Waals surface area contributed by atoms with E-state index in [1.807, 2.05) is 38.1 Å². The second kappa shape index (κ2) is 6.32. The Kier molecular flexibility index (Phi) is 4.24. The zero-order chi connectivity index (χ0) is 15.5. The molecule has 1 aromatic carbocycles. The van der Waals surface area contributed by atoms with E-state index in [1.165, 1.54) is 4.88 Å². The Morgan fingerprint density at radius 1 is 1.23 bits per heavy atom. The van der Waals surface area contributed by atoms with E-state index < -0.39 is 0 Å². The summed E-state index contributed by atoms with van der Waals surface area (Å²) in [6.45, 7) is 6.19. The second-order valence-electron chi connectivity index (χ2n) is 5.30. The van der Waals surface area contributed by atoms with E-state index in [-0.39, 0.29) is 6.10 Å². The molecule has 0 fully saturated rings. The van der Waals surface area contributed by atoms with Gasteiger partial charge in [-0.05, 0) is 38.5 Å². The fourth-order valence-electron chi connectivity index (χ4n) is 2.23. The van der Waals surface area contributed by atoms with Crippen molar-refractivity contribution >= 4 is 33.1 Å². The van der Waals surface area contributed by atoms with Crippen molar-refractivity contribution in [2.24, 2.45) is 0 Å². The van der Waals surface area contributed by atoms with Crippen LogP contribution in [0.25, 0.3) is 10.2 Å². The van der Waals surface area contributed by atoms with E-state index in [9.17, 15) is 0 Å². The molecule has 5 heteroatoms. The van der Waals surface area contributed by atoms with Crippen molar-refractivity contribution in [1.29, 1.82) is 0 Å². The van der Waals surface area contributed by atoms with Gasteiger partial charge in [-0.1, -0.05) is 19.1 Å². The van der Waals surface area contributed by atoms with E-state index in [1.54, 1.807) is 17.7 Å². The van der Waals surface area contributed by atoms with E-state index >= 15 is 0 Å². The van der Waals surface area contributed by atoms with Crippen molar-refractivity contribution in [1.82, 2.24) is 9.97 Å². The van der Waals surface area contributed by atoms with Crippen LogP contribution in [0.4, 0.5) is 11.5 Å². The zero-order valence-electron chi connectivity index (χ0n) is 13.0. The van der Waals surface area contributed by atoms with Crippen LogP contribution in [0.5, 0.6) is 5.75 Å². The second-order valence-corrected chi connectivity index (χ2v) is 6.41. The first kappa shape index (κ1) is 14.8. The van der Waals surface area contributed by atoms with Crippen molar-refractivity contribution in [3.63, 3.8) is 0 Å². The topological polar surface area (TPSA) is 47.0 Å². The fourth-order valence-corrected chi connectivity index (χ4v) is 3.17. The summed E-state index contributed by atoms with van der Waals surface area (Å²) in [7, 11) is 0. The van der Waals surface area contributed by atoms with Gasteiger partial charge in [0, 0.05) is 4.88 Å². The summed E-state index contributed by atoms with van der Waals surface area (Å²) in [5, 5.41) is 4.45. The Labute approximate surface area is 134 Å². The maximum atomic E-state index is 5.85. The maximum absolute atomic E-state index is 5.85. The Balaban J connectivity index is 1.98. The number of fused-ring (bicyclic) bond motifs is 1. The number of para-hydroxylation sites is 2. The molecule has 0 atom stereocenters. The summed E-state index contributed by atoms with van der Waals surface area (Å²) < 4.78 is 5.85. The minimum absolute atomic E-state index is 0.126. The highest BCUT2D eigenvalue weighted by atomic mass is 32.1. The number of aromatic nitrogens is 2. The van der Waals surface area contributed by atoms with Crippen molar-refractivity contribution < 1.29 is 4.74 Å². The van der Waals surface area contributed by atoms with Gasteiger partial charge in [-0.15, -0.1) is 11.3 Å². The van der Waals surface area contributed by atoms with Crippen LogP contribution in [0.1, 0.15) is 25.6 Å². The molecule has 2 aromatic heterocycles. The van der Waals surface area contributed by atoms with Gasteiger partial charge in [-0.2, -0.15) is 0 Å². The summed E-state index contributed by atoms with van der Waals surface area (Å²) >= 11 is 1.71. The molecule has 114 valence electrons. The molecule has 0 radical (unpaired) electrons. The minimum atomic E-state index is 0.126. The number of nitrogens with zero attached hydrogens (tertiary/aromatic N) is 2. The third-order valence-corrected chi connectivity index (χ3v) is 4.42. The number of hydrogen-bond acceptors (Lipinski definition) is 5. The van der Waals surface area contributed by atoms with Crippen LogP contribution in [-0.4, -0.2) is 16.1 Å². The van der Waals surface area contributed by atoms with Crippen molar-refractivity contribution in [3.05, 3.63) is 41.5 Å². The average Bonchev–Trinajstić information content (AvgIpc) is 2.93. The number of ether oxygens (including phenoxy) is 1. The van der Waals surface area contributed by atoms with Gasteiger partial charge in [-0.3, -0.25) is 0 Å². The first-order chi connectivity index (χ1) is 10.7. The summed E-state index contributed by atoms with van der Waals surface area (Å²) in [4.78, 5) is 11.1. The van der Waals surface area contributed by atoms with Gasteiger partial charge in [0.15, 0.2) is 0 Å². The minimum Gasteiger partial charge on any atom is -0.489 e. The molecule has 2 heterocycles. The van der Waals surface area contributed by atoms with Gasteiger partial charge in [-0.25, -0.2) is 9.97 Å². The quantitative estimate of drug-likeness (QED) is 0.736. The zero-order valence-corrected chi connectivity index (χ0v) is 13.8. The number of nitrogens with one attached hydrogen (secondary N) is 1. The summed E-state index contributed by atoms with van der Waals surface area (Å²) in [6.07, 6.45) is 2.74. The highest BCUT2D eigenvalue weighted by Gasteiger charge is 2.11. The predicted molar refractivity (Wildman–Crippen MR) is 92.3 cm³/mol. The first-order valence-corrected chi connectivity index (χ1v) is 8.25. The van der Waals surface area contributed by atoms with Gasteiger partial charge in [0.1, 0.15) is 22.7 Å². The van der Waals surface area contributed by atoms with Crippen LogP contribution in [0.15, 0.2) is 36.7 Å². The Morgan fingerprint density at radius 3 is 2.82 bits per heavy atom. The molecule has 0 amide bonds. The van der Waals surface area contributed by atoms with Crippen LogP contribution in [0, 0.1) is 0 Å². The molecule has 0 spiro atoms. The number of hydrogen-bond donors (Lipinski definition) is 1. The van der Waals surface area contributed by atoms with E-state index in [2.05, 4.69) is 28.3 Å². The van der Waals surface area contributed by atoms with Gasteiger partial charge >= 0.3 is 0 Å². The first-order valence-electron chi connectivity index (χ1n) is 7.43. The average molecular weight is 313 g/mol. The van der Waals surface area contributed by atoms with E-state index in [4.69, 9.17) is 4.74 Å². The number of rotatable bonds is 5. The van der Waals surface area contributed by atoms with Crippen molar-refractivity contribution in [2.45, 2.75) is 33.3 Å². The predicted octanol–water partition coefficient (Wildman–Crippen LogP) is 4.78. The van der Waals surface area contributed by atoms with Crippen LogP contribution >= 0.6 is 11.3 Å². The Bertz CT molecular complexity index is 782. The third-order valence-electron chi connectivity index (χ3n) is 3.23. The Hall–Kier alpha value is -2.14. The number of thiophene rings is 1. The van der Waals surface area contributed by atoms with Crippen molar-refractivity contribution in [3.8, 4) is 5.75 Å². The molecule has 3 rings (SSSR count). The summed E-state index contributed by atoms with van der Waals surface area (Å²) in [5.41, 5.74) is 0.917. The SMILES string of the molecule is CCc1cc2c(Nc3ccccc3OC(C)C)ncnc2s1. The van der Waals surface area contributed by atoms with Gasteiger partial charge in [0.25, 0.3) is 0 Å². The molecule has 4 nitrogen and oxygen atoms in total. The third kappa shape index (κ3) is 3.04. The normalized spacial score (nSPS) is 11.1. The monoisotopic (exact) mass is 313 g/mol. The van der Waals surface area contributed by atoms with E-state index in [0.717, 1.165) is 33.9 Å². The van der Waals surface area contributed by atoms with Crippen molar-refractivity contribution in [2.75, 3.05) is 5.32 Å². The molecule has 1 N–H and O–H groups in total. The molecule has 0 bridgehead atoms. The van der Waals surface area contributed by atoms with Crippen LogP contribution in [0.2, 0.25) is 0 Å². The number of benzene rings is 1. The summed E-state index contributed by atoms with van der Waals surface area (Å²) in [6, 6.07) is 10.1. The Morgan fingerprint density at radius 2 is 2.05 bits per heavy atom. The van der Waals surface area contributed by atoms with E-state index in [0.29, 0.717) is 0 Å². The molecule has 0 aliphatic rings. The molecule has 0 aliphatic carbocycles. The molecule has 0 aliphatic heterocycles. The lowest BCUT2D eigenvalue weighted by Gasteiger charge is -2.15. The molecule has 0 saturated heterocycles. The lowest BCUT2D eigenvalue weighted by atomic mass is 10.2. The van der Waals surface area contributed by atoms with Crippen LogP contribution in [-0.2, 0) is 6.42 Å². The van der Waals surface area contributed by atoms with Gasteiger partial charge < -0.3 is 10.1 Å². The number of anilines is 2. The molecule has 0 unspecified atom stereocenters.